The average Bonchev–Trinajstić information content (AvgIpc) is 3.23. The van der Waals surface area contributed by atoms with Gasteiger partial charge in [0.25, 0.3) is 0 Å². The fraction of sp³-hybridized carbons (Fsp3) is 0.844. The van der Waals surface area contributed by atoms with Crippen LogP contribution in [0.25, 0.3) is 16.0 Å². The molecule has 0 saturated heterocycles. The zero-order valence-electron chi connectivity index (χ0n) is 27.9. The Kier molecular flexibility index (Phi) is 34.0. The molecule has 37 heavy (non-hydrogen) atoms. The first-order chi connectivity index (χ1) is 16.5. The SMILES string of the molecule is CC(C)C[N-]CC(C)C.CC(C)C[N-]CC(C)C.CC(C)C[N-]CC(C)C.[CH3][Ge]([CH3])([CH3])[c-]1cccc1.[Zr+4]. The second-order valence-electron chi connectivity index (χ2n) is 13.6. The van der Waals surface area contributed by atoms with E-state index < -0.39 is 13.3 Å². The van der Waals surface area contributed by atoms with E-state index in [1.165, 1.54) is 0 Å². The van der Waals surface area contributed by atoms with Crippen molar-refractivity contribution in [2.24, 2.45) is 35.5 Å². The number of hydrogen-bond acceptors (Lipinski definition) is 0. The van der Waals surface area contributed by atoms with E-state index in [1.54, 1.807) is 4.40 Å². The Bertz CT molecular complexity index is 466. The normalized spacial score (nSPS) is 11.2. The van der Waals surface area contributed by atoms with Crippen LogP contribution in [-0.2, 0) is 26.2 Å². The molecule has 0 radical (unpaired) electrons. The van der Waals surface area contributed by atoms with E-state index in [0.717, 1.165) is 74.8 Å². The molecule has 0 aliphatic heterocycles. The number of rotatable bonds is 13. The van der Waals surface area contributed by atoms with Crippen molar-refractivity contribution in [2.45, 2.75) is 100 Å². The van der Waals surface area contributed by atoms with Crippen LogP contribution in [0, 0.1) is 35.5 Å². The summed E-state index contributed by atoms with van der Waals surface area (Å²) in [6, 6.07) is 8.76. The van der Waals surface area contributed by atoms with E-state index in [9.17, 15) is 0 Å². The van der Waals surface area contributed by atoms with Crippen molar-refractivity contribution in [1.82, 2.24) is 0 Å². The van der Waals surface area contributed by atoms with Crippen LogP contribution in [0.5, 0.6) is 0 Å². The fourth-order valence-corrected chi connectivity index (χ4v) is 5.15. The summed E-state index contributed by atoms with van der Waals surface area (Å²) in [5, 5.41) is 13.1. The fourth-order valence-electron chi connectivity index (χ4n) is 2.65. The van der Waals surface area contributed by atoms with Crippen LogP contribution in [0.1, 0.15) is 83.1 Å². The van der Waals surface area contributed by atoms with Gasteiger partial charge < -0.3 is 16.0 Å². The summed E-state index contributed by atoms with van der Waals surface area (Å²) < 4.78 is 1.61. The zero-order valence-corrected chi connectivity index (χ0v) is 32.4. The summed E-state index contributed by atoms with van der Waals surface area (Å²) in [6.45, 7) is 32.5. The molecule has 0 atom stereocenters. The summed E-state index contributed by atoms with van der Waals surface area (Å²) in [5.74, 6) is 11.6. The zero-order chi connectivity index (χ0) is 28.7. The average molecular weight is 658 g/mol. The molecule has 0 aromatic heterocycles. The Labute approximate surface area is 257 Å². The van der Waals surface area contributed by atoms with Crippen molar-refractivity contribution < 1.29 is 26.2 Å². The molecule has 0 unspecified atom stereocenters. The molecule has 0 heterocycles. The Hall–Kier alpha value is 0.656. The van der Waals surface area contributed by atoms with Gasteiger partial charge in [0.2, 0.25) is 0 Å². The maximum Gasteiger partial charge on any atom is 4.00 e. The van der Waals surface area contributed by atoms with Crippen LogP contribution in [0.2, 0.25) is 17.3 Å². The minimum absolute atomic E-state index is 0. The van der Waals surface area contributed by atoms with Gasteiger partial charge in [-0.25, -0.2) is 0 Å². The third-order valence-electron chi connectivity index (χ3n) is 4.49. The van der Waals surface area contributed by atoms with E-state index in [1.807, 2.05) is 0 Å². The molecule has 1 aromatic rings. The van der Waals surface area contributed by atoms with Gasteiger partial charge >= 0.3 is 85.4 Å². The van der Waals surface area contributed by atoms with Crippen molar-refractivity contribution in [3.8, 4) is 0 Å². The minimum atomic E-state index is -1.44. The van der Waals surface area contributed by atoms with Crippen LogP contribution < -0.4 is 4.40 Å². The van der Waals surface area contributed by atoms with Gasteiger partial charge in [-0.1, -0.05) is 119 Å². The Balaban J connectivity index is -0.000000194. The van der Waals surface area contributed by atoms with Gasteiger partial charge in [-0.3, -0.25) is 0 Å². The molecule has 0 spiro atoms. The monoisotopic (exact) mass is 657 g/mol. The van der Waals surface area contributed by atoms with Gasteiger partial charge in [0.05, 0.1) is 0 Å². The number of nitrogens with zero attached hydrogens (tertiary/aromatic N) is 3. The molecule has 1 rings (SSSR count). The largest absolute Gasteiger partial charge is 4.00 e. The van der Waals surface area contributed by atoms with Crippen LogP contribution in [-0.4, -0.2) is 52.5 Å². The van der Waals surface area contributed by atoms with Crippen molar-refractivity contribution in [1.29, 1.82) is 0 Å². The van der Waals surface area contributed by atoms with E-state index >= 15 is 0 Å². The minimum Gasteiger partial charge on any atom is 4.00 e. The van der Waals surface area contributed by atoms with Crippen LogP contribution in [0.4, 0.5) is 0 Å². The van der Waals surface area contributed by atoms with Crippen LogP contribution in [0.15, 0.2) is 24.3 Å². The van der Waals surface area contributed by atoms with Gasteiger partial charge in [0.1, 0.15) is 0 Å². The molecular formula is C32H67GeN3Zr. The molecule has 5 heteroatoms. The molecule has 218 valence electrons. The molecule has 1 aromatic carbocycles. The molecule has 0 bridgehead atoms. The molecule has 0 amide bonds. The van der Waals surface area contributed by atoms with Gasteiger partial charge in [0, 0.05) is 0 Å². The second-order valence-corrected chi connectivity index (χ2v) is 24.2. The standard InChI is InChI=1S/C8H13Ge.3C8H18N.Zr/c1-9(2,3)8-6-4-5-7-8;3*1-7(2)5-9-6-8(3)4;/h4-7H,1-3H3;3*7-8H,5-6H2,1-4H3;/q4*-1;+4. The molecule has 0 aliphatic carbocycles. The van der Waals surface area contributed by atoms with E-state index in [4.69, 9.17) is 0 Å². The smallest absolute Gasteiger partial charge is 4.00 e. The Morgan fingerprint density at radius 1 is 0.459 bits per heavy atom. The van der Waals surface area contributed by atoms with Crippen LogP contribution in [0.3, 0.4) is 0 Å². The predicted molar refractivity (Wildman–Crippen MR) is 173 cm³/mol. The molecule has 0 N–H and O–H groups in total. The molecular weight excluding hydrogens is 590 g/mol. The summed E-state index contributed by atoms with van der Waals surface area (Å²) in [7, 11) is 0. The Morgan fingerprint density at radius 2 is 0.649 bits per heavy atom. The van der Waals surface area contributed by atoms with Crippen molar-refractivity contribution >= 4 is 17.7 Å². The van der Waals surface area contributed by atoms with Crippen molar-refractivity contribution in [3.05, 3.63) is 40.2 Å². The molecule has 0 aliphatic rings. The summed E-state index contributed by atoms with van der Waals surface area (Å²) in [6.07, 6.45) is 0. The third-order valence-corrected chi connectivity index (χ3v) is 8.83. The maximum atomic E-state index is 4.37. The second kappa shape index (κ2) is 28.2. The summed E-state index contributed by atoms with van der Waals surface area (Å²) in [4.78, 5) is 0. The van der Waals surface area contributed by atoms with Gasteiger partial charge in [-0.2, -0.15) is 0 Å². The van der Waals surface area contributed by atoms with E-state index in [0.29, 0.717) is 0 Å². The van der Waals surface area contributed by atoms with Crippen LogP contribution >= 0.6 is 0 Å². The molecule has 0 fully saturated rings. The molecule has 0 saturated carbocycles. The van der Waals surface area contributed by atoms with E-state index in [2.05, 4.69) is 141 Å². The number of hydrogen-bond donors (Lipinski definition) is 0. The van der Waals surface area contributed by atoms with Gasteiger partial charge in [-0.05, 0) is 0 Å². The first-order valence-corrected chi connectivity index (χ1v) is 21.9. The van der Waals surface area contributed by atoms with Crippen molar-refractivity contribution in [2.75, 3.05) is 39.3 Å². The topological polar surface area (TPSA) is 42.3 Å². The van der Waals surface area contributed by atoms with Gasteiger partial charge in [-0.15, -0.1) is 39.3 Å². The van der Waals surface area contributed by atoms with Crippen molar-refractivity contribution in [3.63, 3.8) is 0 Å². The van der Waals surface area contributed by atoms with E-state index in [-0.39, 0.29) is 26.2 Å². The van der Waals surface area contributed by atoms with Gasteiger partial charge in [0.15, 0.2) is 0 Å². The Morgan fingerprint density at radius 3 is 0.757 bits per heavy atom. The summed E-state index contributed by atoms with van der Waals surface area (Å²) >= 11 is -1.44. The quantitative estimate of drug-likeness (QED) is 0.150. The predicted octanol–water partition coefficient (Wildman–Crippen LogP) is 9.96. The first kappa shape index (κ1) is 44.7. The first-order valence-electron chi connectivity index (χ1n) is 14.6. The third kappa shape index (κ3) is 43.9. The molecule has 3 nitrogen and oxygen atoms in total. The summed E-state index contributed by atoms with van der Waals surface area (Å²) in [5.41, 5.74) is 0. The maximum absolute atomic E-state index is 4.37.